The quantitative estimate of drug-likeness (QED) is 0.300. The Morgan fingerprint density at radius 2 is 1.71 bits per heavy atom. The summed E-state index contributed by atoms with van der Waals surface area (Å²) in [6, 6.07) is 14.4. The van der Waals surface area contributed by atoms with Gasteiger partial charge in [0.15, 0.2) is 5.82 Å². The number of aliphatic hydroxyl groups excluding tert-OH is 1. The Bertz CT molecular complexity index is 1650. The lowest BCUT2D eigenvalue weighted by Gasteiger charge is -2.35. The van der Waals surface area contributed by atoms with Gasteiger partial charge in [0.25, 0.3) is 0 Å². The van der Waals surface area contributed by atoms with Crippen LogP contribution in [0.1, 0.15) is 19.3 Å². The third-order valence-electron chi connectivity index (χ3n) is 8.97. The fourth-order valence-electron chi connectivity index (χ4n) is 6.71. The van der Waals surface area contributed by atoms with Crippen LogP contribution in [0.5, 0.6) is 5.75 Å². The van der Waals surface area contributed by atoms with E-state index in [4.69, 9.17) is 4.98 Å². The largest absolute Gasteiger partial charge is 0.508 e. The summed E-state index contributed by atoms with van der Waals surface area (Å²) in [4.78, 5) is 12.8. The minimum Gasteiger partial charge on any atom is -0.508 e. The number of benzene rings is 3. The van der Waals surface area contributed by atoms with Crippen molar-refractivity contribution in [1.82, 2.24) is 15.3 Å². The predicted octanol–water partition coefficient (Wildman–Crippen LogP) is 4.99. The van der Waals surface area contributed by atoms with Crippen molar-refractivity contribution in [3.8, 4) is 16.9 Å². The molecule has 1 aromatic heterocycles. The van der Waals surface area contributed by atoms with Crippen LogP contribution in [0.2, 0.25) is 0 Å². The van der Waals surface area contributed by atoms with Crippen LogP contribution in [0.15, 0.2) is 48.5 Å². The van der Waals surface area contributed by atoms with Crippen molar-refractivity contribution in [2.45, 2.75) is 37.5 Å². The van der Waals surface area contributed by atoms with Gasteiger partial charge in [0.05, 0.1) is 6.61 Å². The average Bonchev–Trinajstić information content (AvgIpc) is 3.56. The molecule has 4 heterocycles. The van der Waals surface area contributed by atoms with E-state index in [0.29, 0.717) is 29.9 Å². The molecule has 0 spiro atoms. The Balaban J connectivity index is 1.40. The van der Waals surface area contributed by atoms with Gasteiger partial charge in [-0.05, 0) is 53.8 Å². The number of rotatable bonds is 4. The number of phenols is 1. The molecule has 3 N–H and O–H groups in total. The van der Waals surface area contributed by atoms with Crippen LogP contribution in [0.4, 0.5) is 29.3 Å². The van der Waals surface area contributed by atoms with Gasteiger partial charge in [-0.3, -0.25) is 0 Å². The number of alkyl halides is 3. The zero-order valence-electron chi connectivity index (χ0n) is 22.1. The van der Waals surface area contributed by atoms with Crippen molar-refractivity contribution in [2.24, 2.45) is 5.41 Å². The molecule has 11 heteroatoms. The van der Waals surface area contributed by atoms with E-state index in [0.717, 1.165) is 23.6 Å². The monoisotopic (exact) mass is 567 g/mol. The number of anilines is 2. The number of nitrogens with zero attached hydrogens (tertiary/aromatic N) is 4. The second-order valence-electron chi connectivity index (χ2n) is 11.5. The first-order valence-electron chi connectivity index (χ1n) is 13.8. The highest BCUT2D eigenvalue weighted by Crippen LogP contribution is 2.46. The van der Waals surface area contributed by atoms with Gasteiger partial charge < -0.3 is 25.3 Å². The maximum Gasteiger partial charge on any atom is 0.398 e. The molecule has 1 unspecified atom stereocenters. The first-order valence-corrected chi connectivity index (χ1v) is 13.8. The Labute approximate surface area is 233 Å². The highest BCUT2D eigenvalue weighted by atomic mass is 19.4. The number of hydrogen-bond donors (Lipinski definition) is 3. The number of piperazine rings is 1. The summed E-state index contributed by atoms with van der Waals surface area (Å²) in [6.07, 6.45) is -2.89. The number of aromatic hydroxyl groups is 1. The fourth-order valence-corrected chi connectivity index (χ4v) is 6.71. The van der Waals surface area contributed by atoms with Crippen molar-refractivity contribution in [3.05, 3.63) is 54.3 Å². The molecule has 2 bridgehead atoms. The van der Waals surface area contributed by atoms with Crippen LogP contribution in [-0.4, -0.2) is 71.2 Å². The average molecular weight is 568 g/mol. The number of aromatic nitrogens is 2. The summed E-state index contributed by atoms with van der Waals surface area (Å²) in [5.74, 6) is -0.147. The van der Waals surface area contributed by atoms with Gasteiger partial charge in [-0.1, -0.05) is 30.3 Å². The molecule has 7 rings (SSSR count). The van der Waals surface area contributed by atoms with Crippen molar-refractivity contribution < 1.29 is 27.8 Å². The second-order valence-corrected chi connectivity index (χ2v) is 11.5. The van der Waals surface area contributed by atoms with Gasteiger partial charge in [-0.2, -0.15) is 18.2 Å². The van der Waals surface area contributed by atoms with E-state index in [9.17, 15) is 23.4 Å². The molecule has 7 nitrogen and oxygen atoms in total. The van der Waals surface area contributed by atoms with Crippen LogP contribution in [-0.2, 0) is 0 Å². The van der Waals surface area contributed by atoms with Crippen molar-refractivity contribution in [2.75, 3.05) is 42.6 Å². The van der Waals surface area contributed by atoms with E-state index in [2.05, 4.69) is 15.2 Å². The molecule has 0 amide bonds. The number of aliphatic hydroxyl groups is 1. The minimum atomic E-state index is -4.61. The minimum absolute atomic E-state index is 0.00862. The first-order chi connectivity index (χ1) is 19.7. The smallest absolute Gasteiger partial charge is 0.398 e. The van der Waals surface area contributed by atoms with Gasteiger partial charge in [0.2, 0.25) is 5.95 Å². The third-order valence-corrected chi connectivity index (χ3v) is 8.97. The molecule has 3 aliphatic heterocycles. The molecule has 3 saturated heterocycles. The fraction of sp³-hybridized carbons (Fsp3) is 0.400. The molecule has 214 valence electrons. The SMILES string of the molecule is OCC1(C(F)(F)F)CCN(c2nc(N3C[C@H]4CC[C@@H](C3)N4)c3ccc(-c4cc(O)cc5ccccc45)c(F)c3n2)C1. The molecule has 3 atom stereocenters. The molecule has 4 aromatic rings. The Hall–Kier alpha value is -3.70. The standard InChI is InChI=1S/C30H29F4N5O2/c31-25-22(24-12-20(41)11-17-3-1-2-4-21(17)24)7-8-23-26(25)36-28(38-10-9-29(15-38,16-40)30(32,33)34)37-27(23)39-13-18-5-6-19(14-39)35-18/h1-4,7-8,11-12,18-19,35,40-41H,5-6,9-10,13-16H2/t18-,19+,29?. The summed E-state index contributed by atoms with van der Waals surface area (Å²) in [6.45, 7) is -0.283. The number of hydrogen-bond acceptors (Lipinski definition) is 7. The number of phenolic OH excluding ortho intramolecular Hbond substituents is 1. The third kappa shape index (κ3) is 4.25. The summed E-state index contributed by atoms with van der Waals surface area (Å²) in [7, 11) is 0. The summed E-state index contributed by atoms with van der Waals surface area (Å²) in [5.41, 5.74) is -1.57. The maximum atomic E-state index is 16.6. The molecule has 0 aliphatic carbocycles. The number of halogens is 4. The van der Waals surface area contributed by atoms with Crippen LogP contribution in [0, 0.1) is 11.2 Å². The zero-order chi connectivity index (χ0) is 28.5. The number of nitrogens with one attached hydrogen (secondary N) is 1. The number of fused-ring (bicyclic) bond motifs is 4. The lowest BCUT2D eigenvalue weighted by atomic mass is 9.87. The topological polar surface area (TPSA) is 84.8 Å². The van der Waals surface area contributed by atoms with Crippen LogP contribution >= 0.6 is 0 Å². The molecule has 41 heavy (non-hydrogen) atoms. The van der Waals surface area contributed by atoms with E-state index in [-0.39, 0.29) is 47.8 Å². The van der Waals surface area contributed by atoms with E-state index in [1.807, 2.05) is 24.3 Å². The van der Waals surface area contributed by atoms with Crippen LogP contribution < -0.4 is 15.1 Å². The summed E-state index contributed by atoms with van der Waals surface area (Å²) < 4.78 is 58.5. The van der Waals surface area contributed by atoms with Crippen molar-refractivity contribution in [3.63, 3.8) is 0 Å². The summed E-state index contributed by atoms with van der Waals surface area (Å²) >= 11 is 0. The molecule has 0 saturated carbocycles. The van der Waals surface area contributed by atoms with Crippen LogP contribution in [0.25, 0.3) is 32.8 Å². The highest BCUT2D eigenvalue weighted by Gasteiger charge is 2.58. The molecular formula is C30H29F4N5O2. The van der Waals surface area contributed by atoms with E-state index in [1.54, 1.807) is 18.2 Å². The molecule has 3 aliphatic rings. The predicted molar refractivity (Wildman–Crippen MR) is 149 cm³/mol. The highest BCUT2D eigenvalue weighted by molar-refractivity contribution is 6.01. The lowest BCUT2D eigenvalue weighted by molar-refractivity contribution is -0.227. The van der Waals surface area contributed by atoms with Crippen LogP contribution in [0.3, 0.4) is 0 Å². The van der Waals surface area contributed by atoms with Gasteiger partial charge in [-0.15, -0.1) is 0 Å². The maximum absolute atomic E-state index is 16.6. The Morgan fingerprint density at radius 1 is 0.951 bits per heavy atom. The second kappa shape index (κ2) is 9.42. The molecule has 3 aromatic carbocycles. The van der Waals surface area contributed by atoms with Gasteiger partial charge in [0, 0.05) is 49.2 Å². The molecule has 0 radical (unpaired) electrons. The van der Waals surface area contributed by atoms with Gasteiger partial charge in [-0.25, -0.2) is 9.37 Å². The van der Waals surface area contributed by atoms with Gasteiger partial charge in [0.1, 0.15) is 22.5 Å². The summed E-state index contributed by atoms with van der Waals surface area (Å²) in [5, 5.41) is 25.7. The van der Waals surface area contributed by atoms with E-state index >= 15 is 4.39 Å². The van der Waals surface area contributed by atoms with E-state index in [1.165, 1.54) is 11.0 Å². The Morgan fingerprint density at radius 3 is 2.41 bits per heavy atom. The Kier molecular flexibility index (Phi) is 6.02. The van der Waals surface area contributed by atoms with Crippen molar-refractivity contribution in [1.29, 1.82) is 0 Å². The van der Waals surface area contributed by atoms with Crippen molar-refractivity contribution >= 4 is 33.4 Å². The first kappa shape index (κ1) is 26.2. The molecular weight excluding hydrogens is 538 g/mol. The zero-order valence-corrected chi connectivity index (χ0v) is 22.1. The molecule has 3 fully saturated rings. The van der Waals surface area contributed by atoms with E-state index < -0.39 is 30.6 Å². The normalized spacial score (nSPS) is 24.6. The lowest BCUT2D eigenvalue weighted by Crippen LogP contribution is -2.51. The van der Waals surface area contributed by atoms with Gasteiger partial charge >= 0.3 is 6.18 Å².